The monoisotopic (exact) mass is 328 g/mol. The lowest BCUT2D eigenvalue weighted by Crippen LogP contribution is -2.22. The zero-order valence-corrected chi connectivity index (χ0v) is 13.3. The standard InChI is InChI=1S/C13H16N2O2S3/c16-20(17,15-7-10-5-6-18-9-10)13-4-3-12(19-13)8-14-11-1-2-11/h3-6,9,11,14-15H,1-2,7-8H2. The Balaban J connectivity index is 1.61. The Labute approximate surface area is 126 Å². The first kappa shape index (κ1) is 14.2. The maximum Gasteiger partial charge on any atom is 0.250 e. The molecule has 0 spiro atoms. The van der Waals surface area contributed by atoms with E-state index in [1.165, 1.54) is 24.2 Å². The highest BCUT2D eigenvalue weighted by atomic mass is 32.2. The van der Waals surface area contributed by atoms with Crippen molar-refractivity contribution in [3.63, 3.8) is 0 Å². The number of sulfonamides is 1. The summed E-state index contributed by atoms with van der Waals surface area (Å²) in [5, 5.41) is 7.28. The molecule has 1 fully saturated rings. The van der Waals surface area contributed by atoms with Crippen molar-refractivity contribution in [3.05, 3.63) is 39.4 Å². The van der Waals surface area contributed by atoms with E-state index in [-0.39, 0.29) is 0 Å². The van der Waals surface area contributed by atoms with Crippen molar-refractivity contribution in [1.29, 1.82) is 0 Å². The van der Waals surface area contributed by atoms with Gasteiger partial charge in [-0.1, -0.05) is 0 Å². The average molecular weight is 328 g/mol. The number of thiophene rings is 2. The highest BCUT2D eigenvalue weighted by Gasteiger charge is 2.21. The quantitative estimate of drug-likeness (QED) is 0.821. The van der Waals surface area contributed by atoms with E-state index in [4.69, 9.17) is 0 Å². The van der Waals surface area contributed by atoms with Gasteiger partial charge in [-0.2, -0.15) is 11.3 Å². The SMILES string of the molecule is O=S(=O)(NCc1ccsc1)c1ccc(CNC2CC2)s1. The lowest BCUT2D eigenvalue weighted by Gasteiger charge is -2.03. The first-order chi connectivity index (χ1) is 9.63. The van der Waals surface area contributed by atoms with Crippen LogP contribution in [0.2, 0.25) is 0 Å². The van der Waals surface area contributed by atoms with Gasteiger partial charge in [-0.25, -0.2) is 13.1 Å². The molecule has 1 saturated carbocycles. The van der Waals surface area contributed by atoms with Crippen molar-refractivity contribution in [2.45, 2.75) is 36.2 Å². The van der Waals surface area contributed by atoms with Crippen molar-refractivity contribution in [2.24, 2.45) is 0 Å². The van der Waals surface area contributed by atoms with Crippen LogP contribution in [-0.4, -0.2) is 14.5 Å². The second-order valence-corrected chi connectivity index (χ2v) is 8.77. The summed E-state index contributed by atoms with van der Waals surface area (Å²) in [5.74, 6) is 0. The van der Waals surface area contributed by atoms with Crippen LogP contribution in [0.5, 0.6) is 0 Å². The minimum absolute atomic E-state index is 0.347. The molecule has 2 heterocycles. The molecule has 0 aliphatic heterocycles. The van der Waals surface area contributed by atoms with E-state index in [0.717, 1.165) is 17.0 Å². The van der Waals surface area contributed by atoms with Crippen LogP contribution in [0.3, 0.4) is 0 Å². The van der Waals surface area contributed by atoms with E-state index >= 15 is 0 Å². The fourth-order valence-corrected chi connectivity index (χ4v) is 4.81. The van der Waals surface area contributed by atoms with Crippen molar-refractivity contribution < 1.29 is 8.42 Å². The van der Waals surface area contributed by atoms with E-state index in [1.807, 2.05) is 22.9 Å². The largest absolute Gasteiger partial charge is 0.309 e. The molecule has 0 saturated heterocycles. The van der Waals surface area contributed by atoms with Crippen LogP contribution in [0.15, 0.2) is 33.2 Å². The van der Waals surface area contributed by atoms with Gasteiger partial charge < -0.3 is 5.32 Å². The van der Waals surface area contributed by atoms with E-state index in [1.54, 1.807) is 17.4 Å². The van der Waals surface area contributed by atoms with Gasteiger partial charge in [0.1, 0.15) is 4.21 Å². The molecule has 0 radical (unpaired) electrons. The van der Waals surface area contributed by atoms with Gasteiger partial charge in [-0.05, 0) is 47.4 Å². The average Bonchev–Trinajstić information content (AvgIpc) is 2.94. The molecule has 7 heteroatoms. The summed E-state index contributed by atoms with van der Waals surface area (Å²) in [5.41, 5.74) is 0.991. The smallest absolute Gasteiger partial charge is 0.250 e. The summed E-state index contributed by atoms with van der Waals surface area (Å²) >= 11 is 2.90. The highest BCUT2D eigenvalue weighted by Crippen LogP contribution is 2.24. The zero-order chi connectivity index (χ0) is 14.0. The number of hydrogen-bond donors (Lipinski definition) is 2. The summed E-state index contributed by atoms with van der Waals surface area (Å²) in [4.78, 5) is 1.06. The lowest BCUT2D eigenvalue weighted by molar-refractivity contribution is 0.583. The van der Waals surface area contributed by atoms with Crippen LogP contribution in [-0.2, 0) is 23.1 Å². The zero-order valence-electron chi connectivity index (χ0n) is 10.8. The van der Waals surface area contributed by atoms with Crippen LogP contribution in [0.4, 0.5) is 0 Å². The molecule has 108 valence electrons. The normalized spacial score (nSPS) is 15.6. The topological polar surface area (TPSA) is 58.2 Å². The Morgan fingerprint density at radius 3 is 2.75 bits per heavy atom. The summed E-state index contributed by atoms with van der Waals surface area (Å²) in [6.07, 6.45) is 2.47. The van der Waals surface area contributed by atoms with Gasteiger partial charge in [0.2, 0.25) is 10.0 Å². The molecule has 20 heavy (non-hydrogen) atoms. The van der Waals surface area contributed by atoms with Gasteiger partial charge in [0, 0.05) is 24.0 Å². The minimum Gasteiger partial charge on any atom is -0.309 e. The number of hydrogen-bond acceptors (Lipinski definition) is 5. The molecule has 2 N–H and O–H groups in total. The number of rotatable bonds is 7. The molecule has 2 aromatic rings. The molecule has 4 nitrogen and oxygen atoms in total. The Kier molecular flexibility index (Phi) is 4.23. The Morgan fingerprint density at radius 2 is 2.05 bits per heavy atom. The molecule has 0 bridgehead atoms. The maximum absolute atomic E-state index is 12.2. The second kappa shape index (κ2) is 5.95. The molecule has 1 aliphatic carbocycles. The fraction of sp³-hybridized carbons (Fsp3) is 0.385. The maximum atomic E-state index is 12.2. The third kappa shape index (κ3) is 3.67. The Morgan fingerprint density at radius 1 is 1.20 bits per heavy atom. The summed E-state index contributed by atoms with van der Waals surface area (Å²) in [6, 6.07) is 6.13. The number of nitrogens with one attached hydrogen (secondary N) is 2. The van der Waals surface area contributed by atoms with Gasteiger partial charge >= 0.3 is 0 Å². The van der Waals surface area contributed by atoms with Crippen LogP contribution in [0.1, 0.15) is 23.3 Å². The van der Waals surface area contributed by atoms with Gasteiger partial charge in [0.05, 0.1) is 0 Å². The molecule has 2 aromatic heterocycles. The molecule has 3 rings (SSSR count). The molecular formula is C13H16N2O2S3. The van der Waals surface area contributed by atoms with Crippen molar-refractivity contribution in [3.8, 4) is 0 Å². The fourth-order valence-electron chi connectivity index (χ4n) is 1.77. The minimum atomic E-state index is -3.39. The third-order valence-electron chi connectivity index (χ3n) is 3.09. The van der Waals surface area contributed by atoms with E-state index in [2.05, 4.69) is 10.0 Å². The first-order valence-corrected chi connectivity index (χ1v) is 9.70. The van der Waals surface area contributed by atoms with Crippen molar-refractivity contribution in [2.75, 3.05) is 0 Å². The highest BCUT2D eigenvalue weighted by molar-refractivity contribution is 7.91. The molecule has 0 atom stereocenters. The third-order valence-corrected chi connectivity index (χ3v) is 6.80. The predicted molar refractivity (Wildman–Crippen MR) is 82.5 cm³/mol. The van der Waals surface area contributed by atoms with Crippen LogP contribution in [0, 0.1) is 0 Å². The molecular weight excluding hydrogens is 312 g/mol. The molecule has 0 unspecified atom stereocenters. The second-order valence-electron chi connectivity index (χ2n) is 4.83. The molecule has 0 aromatic carbocycles. The van der Waals surface area contributed by atoms with E-state index in [9.17, 15) is 8.42 Å². The van der Waals surface area contributed by atoms with Crippen molar-refractivity contribution >= 4 is 32.7 Å². The summed E-state index contributed by atoms with van der Waals surface area (Å²) in [6.45, 7) is 1.11. The van der Waals surface area contributed by atoms with Crippen LogP contribution < -0.4 is 10.0 Å². The van der Waals surface area contributed by atoms with Gasteiger partial charge in [0.25, 0.3) is 0 Å². The summed E-state index contributed by atoms with van der Waals surface area (Å²) in [7, 11) is -3.39. The van der Waals surface area contributed by atoms with E-state index in [0.29, 0.717) is 16.8 Å². The van der Waals surface area contributed by atoms with Crippen LogP contribution >= 0.6 is 22.7 Å². The lowest BCUT2D eigenvalue weighted by atomic mass is 10.4. The van der Waals surface area contributed by atoms with Gasteiger partial charge in [0.15, 0.2) is 0 Å². The van der Waals surface area contributed by atoms with Gasteiger partial charge in [-0.3, -0.25) is 0 Å². The van der Waals surface area contributed by atoms with Crippen molar-refractivity contribution in [1.82, 2.24) is 10.0 Å². The van der Waals surface area contributed by atoms with E-state index < -0.39 is 10.0 Å². The molecule has 0 amide bonds. The Bertz CT molecular complexity index is 658. The molecule has 1 aliphatic rings. The Hall–Kier alpha value is -0.730. The predicted octanol–water partition coefficient (Wildman–Crippen LogP) is 2.54. The van der Waals surface area contributed by atoms with Crippen LogP contribution in [0.25, 0.3) is 0 Å². The van der Waals surface area contributed by atoms with Gasteiger partial charge in [-0.15, -0.1) is 11.3 Å². The first-order valence-electron chi connectivity index (χ1n) is 6.46. The summed E-state index contributed by atoms with van der Waals surface area (Å²) < 4.78 is 27.4.